The zero-order chi connectivity index (χ0) is 14.7. The van der Waals surface area contributed by atoms with E-state index in [0.717, 1.165) is 16.9 Å². The van der Waals surface area contributed by atoms with Gasteiger partial charge in [0.15, 0.2) is 0 Å². The molecule has 0 heterocycles. The van der Waals surface area contributed by atoms with Gasteiger partial charge in [0.05, 0.1) is 0 Å². The topological polar surface area (TPSA) is 15.3 Å². The van der Waals surface area contributed by atoms with Gasteiger partial charge in [-0.3, -0.25) is 0 Å². The van der Waals surface area contributed by atoms with Crippen LogP contribution in [0.5, 0.6) is 0 Å². The van der Waals surface area contributed by atoms with Crippen molar-refractivity contribution in [3.63, 3.8) is 0 Å². The van der Waals surface area contributed by atoms with Crippen LogP contribution >= 0.6 is 23.2 Å². The lowest BCUT2D eigenvalue weighted by Gasteiger charge is -2.19. The summed E-state index contributed by atoms with van der Waals surface area (Å²) in [6, 6.07) is 14.0. The summed E-state index contributed by atoms with van der Waals surface area (Å²) in [5.41, 5.74) is 3.26. The SMILES string of the molecule is CC(Nc1cccc(N(C)C)c1)c1ccc(Cl)cc1Cl. The Morgan fingerprint density at radius 1 is 1.05 bits per heavy atom. The number of halogens is 2. The Labute approximate surface area is 130 Å². The van der Waals surface area contributed by atoms with Crippen LogP contribution in [-0.2, 0) is 0 Å². The third-order valence-corrected chi connectivity index (χ3v) is 3.74. The van der Waals surface area contributed by atoms with E-state index < -0.39 is 0 Å². The van der Waals surface area contributed by atoms with Crippen molar-refractivity contribution in [1.82, 2.24) is 0 Å². The van der Waals surface area contributed by atoms with Crippen LogP contribution in [0.4, 0.5) is 11.4 Å². The molecule has 1 atom stereocenters. The summed E-state index contributed by atoms with van der Waals surface area (Å²) in [4.78, 5) is 2.07. The molecule has 1 unspecified atom stereocenters. The Morgan fingerprint density at radius 2 is 1.80 bits per heavy atom. The number of nitrogens with one attached hydrogen (secondary N) is 1. The molecule has 0 aliphatic carbocycles. The van der Waals surface area contributed by atoms with Gasteiger partial charge in [0.25, 0.3) is 0 Å². The monoisotopic (exact) mass is 308 g/mol. The quantitative estimate of drug-likeness (QED) is 0.831. The van der Waals surface area contributed by atoms with Crippen LogP contribution in [0, 0.1) is 0 Å². The Morgan fingerprint density at radius 3 is 2.45 bits per heavy atom. The fourth-order valence-corrected chi connectivity index (χ4v) is 2.63. The van der Waals surface area contributed by atoms with Crippen LogP contribution in [0.3, 0.4) is 0 Å². The summed E-state index contributed by atoms with van der Waals surface area (Å²) in [5.74, 6) is 0. The van der Waals surface area contributed by atoms with Crippen molar-refractivity contribution >= 4 is 34.6 Å². The maximum Gasteiger partial charge on any atom is 0.0500 e. The molecule has 0 saturated carbocycles. The third-order valence-electron chi connectivity index (χ3n) is 3.17. The van der Waals surface area contributed by atoms with E-state index in [0.29, 0.717) is 10.0 Å². The van der Waals surface area contributed by atoms with Gasteiger partial charge in [-0.1, -0.05) is 35.3 Å². The van der Waals surface area contributed by atoms with Gasteiger partial charge in [-0.15, -0.1) is 0 Å². The highest BCUT2D eigenvalue weighted by Crippen LogP contribution is 2.29. The molecular formula is C16H18Cl2N2. The van der Waals surface area contributed by atoms with Crippen molar-refractivity contribution in [2.75, 3.05) is 24.3 Å². The summed E-state index contributed by atoms with van der Waals surface area (Å²) in [6.07, 6.45) is 0. The maximum absolute atomic E-state index is 6.24. The minimum Gasteiger partial charge on any atom is -0.378 e. The summed E-state index contributed by atoms with van der Waals surface area (Å²) in [7, 11) is 4.05. The summed E-state index contributed by atoms with van der Waals surface area (Å²) in [6.45, 7) is 2.08. The van der Waals surface area contributed by atoms with Crippen molar-refractivity contribution in [2.24, 2.45) is 0 Å². The fourth-order valence-electron chi connectivity index (χ4n) is 2.05. The lowest BCUT2D eigenvalue weighted by molar-refractivity contribution is 0.885. The Bertz CT molecular complexity index is 597. The molecule has 0 bridgehead atoms. The predicted octanol–water partition coefficient (Wildman–Crippen LogP) is 5.23. The highest BCUT2D eigenvalue weighted by Gasteiger charge is 2.10. The zero-order valence-electron chi connectivity index (χ0n) is 11.8. The maximum atomic E-state index is 6.24. The van der Waals surface area contributed by atoms with Crippen LogP contribution in [-0.4, -0.2) is 14.1 Å². The highest BCUT2D eigenvalue weighted by atomic mass is 35.5. The molecule has 0 fully saturated rings. The second-order valence-electron chi connectivity index (χ2n) is 4.98. The Kier molecular flexibility index (Phi) is 4.79. The van der Waals surface area contributed by atoms with Crippen LogP contribution in [0.2, 0.25) is 10.0 Å². The molecule has 4 heteroatoms. The highest BCUT2D eigenvalue weighted by molar-refractivity contribution is 6.35. The molecule has 0 spiro atoms. The van der Waals surface area contributed by atoms with Crippen molar-refractivity contribution < 1.29 is 0 Å². The molecule has 0 radical (unpaired) electrons. The molecule has 2 nitrogen and oxygen atoms in total. The molecule has 106 valence electrons. The largest absolute Gasteiger partial charge is 0.378 e. The second-order valence-corrected chi connectivity index (χ2v) is 5.82. The lowest BCUT2D eigenvalue weighted by Crippen LogP contribution is -2.10. The fraction of sp³-hybridized carbons (Fsp3) is 0.250. The first-order chi connectivity index (χ1) is 9.47. The normalized spacial score (nSPS) is 12.1. The van der Waals surface area contributed by atoms with E-state index in [1.165, 1.54) is 0 Å². The van der Waals surface area contributed by atoms with Gasteiger partial charge < -0.3 is 10.2 Å². The van der Waals surface area contributed by atoms with Gasteiger partial charge in [-0.25, -0.2) is 0 Å². The standard InChI is InChI=1S/C16H18Cl2N2/c1-11(15-8-7-12(17)9-16(15)18)19-13-5-4-6-14(10-13)20(2)3/h4-11,19H,1-3H3. The minimum absolute atomic E-state index is 0.108. The number of nitrogens with zero attached hydrogens (tertiary/aromatic N) is 1. The van der Waals surface area contributed by atoms with Gasteiger partial charge in [-0.05, 0) is 42.8 Å². The van der Waals surface area contributed by atoms with Gasteiger partial charge >= 0.3 is 0 Å². The molecule has 0 aliphatic heterocycles. The molecule has 20 heavy (non-hydrogen) atoms. The van der Waals surface area contributed by atoms with Crippen LogP contribution < -0.4 is 10.2 Å². The first-order valence-corrected chi connectivity index (χ1v) is 7.22. The third kappa shape index (κ3) is 3.59. The van der Waals surface area contributed by atoms with Gasteiger partial charge in [0.1, 0.15) is 0 Å². The van der Waals surface area contributed by atoms with E-state index in [4.69, 9.17) is 23.2 Å². The van der Waals surface area contributed by atoms with Crippen molar-refractivity contribution in [3.05, 3.63) is 58.1 Å². The van der Waals surface area contributed by atoms with Crippen molar-refractivity contribution in [3.8, 4) is 0 Å². The first kappa shape index (κ1) is 15.0. The van der Waals surface area contributed by atoms with Crippen molar-refractivity contribution in [2.45, 2.75) is 13.0 Å². The molecule has 0 saturated heterocycles. The zero-order valence-corrected chi connectivity index (χ0v) is 13.3. The van der Waals surface area contributed by atoms with Crippen LogP contribution in [0.25, 0.3) is 0 Å². The van der Waals surface area contributed by atoms with Gasteiger partial charge in [0.2, 0.25) is 0 Å². The number of hydrogen-bond donors (Lipinski definition) is 1. The molecule has 2 aromatic rings. The summed E-state index contributed by atoms with van der Waals surface area (Å²) < 4.78 is 0. The molecule has 0 aliphatic rings. The smallest absolute Gasteiger partial charge is 0.0500 e. The minimum atomic E-state index is 0.108. The Balaban J connectivity index is 2.19. The lowest BCUT2D eigenvalue weighted by atomic mass is 10.1. The average Bonchev–Trinajstić information content (AvgIpc) is 2.38. The van der Waals surface area contributed by atoms with Gasteiger partial charge in [0, 0.05) is 41.6 Å². The van der Waals surface area contributed by atoms with Crippen LogP contribution in [0.1, 0.15) is 18.5 Å². The first-order valence-electron chi connectivity index (χ1n) is 6.46. The molecule has 0 amide bonds. The van der Waals surface area contributed by atoms with E-state index in [2.05, 4.69) is 29.3 Å². The van der Waals surface area contributed by atoms with Crippen LogP contribution in [0.15, 0.2) is 42.5 Å². The van der Waals surface area contributed by atoms with E-state index in [1.807, 2.05) is 38.4 Å². The van der Waals surface area contributed by atoms with Gasteiger partial charge in [-0.2, -0.15) is 0 Å². The second kappa shape index (κ2) is 6.38. The van der Waals surface area contributed by atoms with E-state index in [9.17, 15) is 0 Å². The Hall–Kier alpha value is -1.38. The molecule has 2 rings (SSSR count). The summed E-state index contributed by atoms with van der Waals surface area (Å²) >= 11 is 12.2. The molecule has 2 aromatic carbocycles. The van der Waals surface area contributed by atoms with Crippen molar-refractivity contribution in [1.29, 1.82) is 0 Å². The van der Waals surface area contributed by atoms with E-state index in [1.54, 1.807) is 6.07 Å². The molecular weight excluding hydrogens is 291 g/mol. The summed E-state index contributed by atoms with van der Waals surface area (Å²) in [5, 5.41) is 4.79. The number of rotatable bonds is 4. The number of hydrogen-bond acceptors (Lipinski definition) is 2. The molecule has 0 aromatic heterocycles. The number of anilines is 2. The average molecular weight is 309 g/mol. The van der Waals surface area contributed by atoms with E-state index >= 15 is 0 Å². The predicted molar refractivity (Wildman–Crippen MR) is 89.3 cm³/mol. The molecule has 1 N–H and O–H groups in total. The number of benzene rings is 2. The van der Waals surface area contributed by atoms with E-state index in [-0.39, 0.29) is 6.04 Å².